The predicted octanol–water partition coefficient (Wildman–Crippen LogP) is 3.48. The van der Waals surface area contributed by atoms with Crippen LogP contribution in [0.3, 0.4) is 0 Å². The van der Waals surface area contributed by atoms with E-state index in [1.807, 2.05) is 30.3 Å². The van der Waals surface area contributed by atoms with Crippen LogP contribution < -0.4 is 0 Å². The topological polar surface area (TPSA) is 20.2 Å². The molecule has 17 heavy (non-hydrogen) atoms. The van der Waals surface area contributed by atoms with Crippen LogP contribution in [0, 0.1) is 17.8 Å². The quantitative estimate of drug-likeness (QED) is 0.785. The van der Waals surface area contributed by atoms with Gasteiger partial charge in [-0.05, 0) is 24.8 Å². The maximum Gasteiger partial charge on any atom is 0.156 e. The normalized spacial score (nSPS) is 21.7. The van der Waals surface area contributed by atoms with Gasteiger partial charge in [-0.25, -0.2) is 0 Å². The zero-order chi connectivity index (χ0) is 12.4. The minimum Gasteiger partial charge on any atom is -0.373 e. The molecule has 0 aromatic heterocycles. The van der Waals surface area contributed by atoms with Gasteiger partial charge in [0.05, 0.1) is 0 Å². The molecule has 1 aromatic carbocycles. The summed E-state index contributed by atoms with van der Waals surface area (Å²) in [5, 5.41) is 11.0. The fourth-order valence-corrected chi connectivity index (χ4v) is 3.24. The Bertz CT molecular complexity index is 409. The van der Waals surface area contributed by atoms with Crippen LogP contribution in [-0.2, 0) is 5.60 Å². The number of benzene rings is 1. The first kappa shape index (κ1) is 12.2. The van der Waals surface area contributed by atoms with Gasteiger partial charge in [0, 0.05) is 5.41 Å². The van der Waals surface area contributed by atoms with Gasteiger partial charge in [0.1, 0.15) is 0 Å². The van der Waals surface area contributed by atoms with E-state index in [0.717, 1.165) is 24.8 Å². The van der Waals surface area contributed by atoms with E-state index < -0.39 is 5.60 Å². The second kappa shape index (κ2) is 4.55. The van der Waals surface area contributed by atoms with Gasteiger partial charge >= 0.3 is 0 Å². The van der Waals surface area contributed by atoms with E-state index in [1.165, 1.54) is 12.8 Å². The average Bonchev–Trinajstić information content (AvgIpc) is 2.89. The van der Waals surface area contributed by atoms with Gasteiger partial charge in [-0.3, -0.25) is 0 Å². The minimum absolute atomic E-state index is 0.136. The highest BCUT2D eigenvalue weighted by atomic mass is 16.3. The van der Waals surface area contributed by atoms with Crippen molar-refractivity contribution in [1.29, 1.82) is 0 Å². The summed E-state index contributed by atoms with van der Waals surface area (Å²) in [6.45, 7) is 2.14. The zero-order valence-corrected chi connectivity index (χ0v) is 10.4. The standard InChI is InChI=1S/C16H20O/c1-3-15(12-8-9-13-15)16(17,4-2)14-10-6-5-7-11-14/h2,5-7,10-11,17H,3,8-9,12-13H2,1H3. The first-order valence-corrected chi connectivity index (χ1v) is 6.44. The Balaban J connectivity index is 2.48. The molecule has 1 fully saturated rings. The van der Waals surface area contributed by atoms with E-state index in [1.54, 1.807) is 0 Å². The third kappa shape index (κ3) is 1.77. The van der Waals surface area contributed by atoms with Crippen molar-refractivity contribution in [2.24, 2.45) is 5.41 Å². The summed E-state index contributed by atoms with van der Waals surface area (Å²) in [6, 6.07) is 9.71. The SMILES string of the molecule is C#CC(O)(c1ccccc1)C1(CC)CCCC1. The van der Waals surface area contributed by atoms with E-state index in [9.17, 15) is 5.11 Å². The molecular weight excluding hydrogens is 208 g/mol. The molecule has 0 bridgehead atoms. The molecule has 0 radical (unpaired) electrons. The summed E-state index contributed by atoms with van der Waals surface area (Å²) in [7, 11) is 0. The van der Waals surface area contributed by atoms with E-state index in [2.05, 4.69) is 12.8 Å². The molecule has 0 aliphatic heterocycles. The molecule has 0 heterocycles. The van der Waals surface area contributed by atoms with Crippen molar-refractivity contribution in [3.63, 3.8) is 0 Å². The fraction of sp³-hybridized carbons (Fsp3) is 0.500. The van der Waals surface area contributed by atoms with Crippen molar-refractivity contribution >= 4 is 0 Å². The Labute approximate surface area is 104 Å². The lowest BCUT2D eigenvalue weighted by Gasteiger charge is -2.41. The number of terminal acetylenes is 1. The van der Waals surface area contributed by atoms with Crippen LogP contribution in [-0.4, -0.2) is 5.11 Å². The monoisotopic (exact) mass is 228 g/mol. The summed E-state index contributed by atoms with van der Waals surface area (Å²) >= 11 is 0. The van der Waals surface area contributed by atoms with Crippen LogP contribution in [0.2, 0.25) is 0 Å². The molecule has 1 saturated carbocycles. The molecule has 1 atom stereocenters. The number of hydrogen-bond acceptors (Lipinski definition) is 1. The smallest absolute Gasteiger partial charge is 0.156 e. The van der Waals surface area contributed by atoms with Crippen molar-refractivity contribution in [2.75, 3.05) is 0 Å². The van der Waals surface area contributed by atoms with Crippen molar-refractivity contribution < 1.29 is 5.11 Å². The fourth-order valence-electron chi connectivity index (χ4n) is 3.24. The van der Waals surface area contributed by atoms with Gasteiger partial charge in [0.15, 0.2) is 5.60 Å². The predicted molar refractivity (Wildman–Crippen MR) is 70.4 cm³/mol. The Morgan fingerprint density at radius 3 is 2.35 bits per heavy atom. The van der Waals surface area contributed by atoms with E-state index in [-0.39, 0.29) is 5.41 Å². The Kier molecular flexibility index (Phi) is 3.26. The molecule has 1 aliphatic rings. The Morgan fingerprint density at radius 1 is 1.29 bits per heavy atom. The molecule has 90 valence electrons. The molecule has 0 amide bonds. The lowest BCUT2D eigenvalue weighted by Crippen LogP contribution is -2.42. The van der Waals surface area contributed by atoms with Crippen LogP contribution >= 0.6 is 0 Å². The van der Waals surface area contributed by atoms with Crippen molar-refractivity contribution in [3.8, 4) is 12.3 Å². The third-order valence-corrected chi connectivity index (χ3v) is 4.41. The van der Waals surface area contributed by atoms with Crippen LogP contribution in [0.25, 0.3) is 0 Å². The van der Waals surface area contributed by atoms with E-state index >= 15 is 0 Å². The minimum atomic E-state index is -1.11. The molecule has 1 aromatic rings. The number of rotatable bonds is 3. The number of hydrogen-bond donors (Lipinski definition) is 1. The van der Waals surface area contributed by atoms with Gasteiger partial charge in [-0.1, -0.05) is 56.0 Å². The van der Waals surface area contributed by atoms with Crippen molar-refractivity contribution in [2.45, 2.75) is 44.6 Å². The van der Waals surface area contributed by atoms with Crippen LogP contribution in [0.1, 0.15) is 44.6 Å². The van der Waals surface area contributed by atoms with E-state index in [4.69, 9.17) is 6.42 Å². The molecule has 1 nitrogen and oxygen atoms in total. The maximum absolute atomic E-state index is 11.0. The summed E-state index contributed by atoms with van der Waals surface area (Å²) < 4.78 is 0. The lowest BCUT2D eigenvalue weighted by molar-refractivity contribution is -0.0420. The second-order valence-electron chi connectivity index (χ2n) is 5.06. The van der Waals surface area contributed by atoms with Gasteiger partial charge in [-0.15, -0.1) is 6.42 Å². The molecule has 1 unspecified atom stereocenters. The summed E-state index contributed by atoms with van der Waals surface area (Å²) in [5.74, 6) is 2.68. The molecule has 1 N–H and O–H groups in total. The van der Waals surface area contributed by atoms with Crippen molar-refractivity contribution in [1.82, 2.24) is 0 Å². The van der Waals surface area contributed by atoms with Gasteiger partial charge in [0.25, 0.3) is 0 Å². The molecule has 0 spiro atoms. The molecular formula is C16H20O. The lowest BCUT2D eigenvalue weighted by atomic mass is 9.66. The first-order valence-electron chi connectivity index (χ1n) is 6.44. The summed E-state index contributed by atoms with van der Waals surface area (Å²) in [4.78, 5) is 0. The largest absolute Gasteiger partial charge is 0.373 e. The highest BCUT2D eigenvalue weighted by Crippen LogP contribution is 2.53. The van der Waals surface area contributed by atoms with Crippen LogP contribution in [0.4, 0.5) is 0 Å². The molecule has 0 saturated heterocycles. The highest BCUT2D eigenvalue weighted by Gasteiger charge is 2.50. The van der Waals surface area contributed by atoms with Crippen LogP contribution in [0.5, 0.6) is 0 Å². The van der Waals surface area contributed by atoms with Gasteiger partial charge in [-0.2, -0.15) is 0 Å². The third-order valence-electron chi connectivity index (χ3n) is 4.41. The van der Waals surface area contributed by atoms with Gasteiger partial charge in [0.2, 0.25) is 0 Å². The summed E-state index contributed by atoms with van der Waals surface area (Å²) in [6.07, 6.45) is 11.0. The molecule has 2 rings (SSSR count). The summed E-state index contributed by atoms with van der Waals surface area (Å²) in [5.41, 5.74) is -0.381. The Morgan fingerprint density at radius 2 is 1.88 bits per heavy atom. The van der Waals surface area contributed by atoms with Gasteiger partial charge < -0.3 is 5.11 Å². The first-order chi connectivity index (χ1) is 8.18. The number of aliphatic hydroxyl groups is 1. The molecule has 1 aliphatic carbocycles. The highest BCUT2D eigenvalue weighted by molar-refractivity contribution is 5.34. The second-order valence-corrected chi connectivity index (χ2v) is 5.06. The van der Waals surface area contributed by atoms with Crippen molar-refractivity contribution in [3.05, 3.63) is 35.9 Å². The maximum atomic E-state index is 11.0. The molecule has 1 heteroatoms. The zero-order valence-electron chi connectivity index (χ0n) is 10.4. The Hall–Kier alpha value is -1.26. The van der Waals surface area contributed by atoms with E-state index in [0.29, 0.717) is 0 Å². The van der Waals surface area contributed by atoms with Crippen LogP contribution in [0.15, 0.2) is 30.3 Å². The average molecular weight is 228 g/mol.